The van der Waals surface area contributed by atoms with Gasteiger partial charge in [0.2, 0.25) is 5.91 Å². The molecule has 0 heterocycles. The Kier molecular flexibility index (Phi) is 7.84. The molecule has 0 bridgehead atoms. The highest BCUT2D eigenvalue weighted by molar-refractivity contribution is 9.11. The third kappa shape index (κ3) is 6.05. The van der Waals surface area contributed by atoms with Crippen LogP contribution in [0.1, 0.15) is 44.6 Å². The van der Waals surface area contributed by atoms with Gasteiger partial charge >= 0.3 is 0 Å². The molecule has 0 aliphatic heterocycles. The van der Waals surface area contributed by atoms with Crippen molar-refractivity contribution in [3.05, 3.63) is 26.6 Å². The SMILES string of the molecule is CCCCCCC(=O)NN=Cc1cc(Br)cc(Br)c1O. The molecule has 4 nitrogen and oxygen atoms in total. The smallest absolute Gasteiger partial charge is 0.240 e. The number of benzene rings is 1. The van der Waals surface area contributed by atoms with Gasteiger partial charge in [-0.2, -0.15) is 5.10 Å². The van der Waals surface area contributed by atoms with Gasteiger partial charge in [-0.05, 0) is 34.5 Å². The van der Waals surface area contributed by atoms with Crippen LogP contribution in [0, 0.1) is 0 Å². The summed E-state index contributed by atoms with van der Waals surface area (Å²) in [4.78, 5) is 11.5. The van der Waals surface area contributed by atoms with E-state index in [0.29, 0.717) is 16.5 Å². The summed E-state index contributed by atoms with van der Waals surface area (Å²) in [5.41, 5.74) is 2.99. The van der Waals surface area contributed by atoms with Crippen LogP contribution < -0.4 is 5.43 Å². The van der Waals surface area contributed by atoms with Crippen molar-refractivity contribution in [1.82, 2.24) is 5.43 Å². The average Bonchev–Trinajstić information content (AvgIpc) is 2.40. The molecule has 0 saturated carbocycles. The number of unbranched alkanes of at least 4 members (excludes halogenated alkanes) is 3. The number of hydrogen-bond donors (Lipinski definition) is 2. The Labute approximate surface area is 135 Å². The maximum atomic E-state index is 11.5. The minimum absolute atomic E-state index is 0.0918. The normalized spacial score (nSPS) is 10.9. The van der Waals surface area contributed by atoms with Gasteiger partial charge in [0.1, 0.15) is 5.75 Å². The molecule has 1 rings (SSSR count). The maximum Gasteiger partial charge on any atom is 0.240 e. The minimum atomic E-state index is -0.106. The van der Waals surface area contributed by atoms with E-state index in [0.717, 1.165) is 30.2 Å². The Hall–Kier alpha value is -0.880. The minimum Gasteiger partial charge on any atom is -0.506 e. The molecular weight excluding hydrogens is 388 g/mol. The molecule has 0 atom stereocenters. The summed E-state index contributed by atoms with van der Waals surface area (Å²) >= 11 is 6.56. The van der Waals surface area contributed by atoms with Crippen molar-refractivity contribution in [2.45, 2.75) is 39.0 Å². The van der Waals surface area contributed by atoms with Gasteiger partial charge in [-0.25, -0.2) is 5.43 Å². The molecule has 0 radical (unpaired) electrons. The van der Waals surface area contributed by atoms with E-state index in [1.54, 1.807) is 12.1 Å². The number of carbonyl (C=O) groups is 1. The van der Waals surface area contributed by atoms with Crippen LogP contribution in [0.3, 0.4) is 0 Å². The van der Waals surface area contributed by atoms with Crippen LogP contribution in [-0.2, 0) is 4.79 Å². The zero-order valence-corrected chi connectivity index (χ0v) is 14.5. The third-order valence-electron chi connectivity index (χ3n) is 2.71. The Morgan fingerprint density at radius 2 is 2.10 bits per heavy atom. The van der Waals surface area contributed by atoms with Gasteiger partial charge in [0.05, 0.1) is 10.7 Å². The van der Waals surface area contributed by atoms with E-state index < -0.39 is 0 Å². The van der Waals surface area contributed by atoms with Crippen molar-refractivity contribution in [1.29, 1.82) is 0 Å². The molecule has 2 N–H and O–H groups in total. The summed E-state index contributed by atoms with van der Waals surface area (Å²) in [6.07, 6.45) is 6.14. The monoisotopic (exact) mass is 404 g/mol. The van der Waals surface area contributed by atoms with Crippen LogP contribution in [0.5, 0.6) is 5.75 Å². The summed E-state index contributed by atoms with van der Waals surface area (Å²) < 4.78 is 1.38. The van der Waals surface area contributed by atoms with Crippen LogP contribution in [0.25, 0.3) is 0 Å². The lowest BCUT2D eigenvalue weighted by Gasteiger charge is -2.03. The fourth-order valence-electron chi connectivity index (χ4n) is 1.63. The predicted molar refractivity (Wildman–Crippen MR) is 88.0 cm³/mol. The lowest BCUT2D eigenvalue weighted by Crippen LogP contribution is -2.16. The Bertz CT molecular complexity index is 490. The van der Waals surface area contributed by atoms with E-state index >= 15 is 0 Å². The standard InChI is InChI=1S/C14H18Br2N2O2/c1-2-3-4-5-6-13(19)18-17-9-10-7-11(15)8-12(16)14(10)20/h7-9,20H,2-6H2,1H3,(H,18,19). The lowest BCUT2D eigenvalue weighted by molar-refractivity contribution is -0.121. The molecule has 0 aliphatic rings. The van der Waals surface area contributed by atoms with Crippen molar-refractivity contribution in [3.8, 4) is 5.75 Å². The number of hydrogen-bond acceptors (Lipinski definition) is 3. The van der Waals surface area contributed by atoms with Crippen LogP contribution in [0.2, 0.25) is 0 Å². The number of rotatable bonds is 7. The summed E-state index contributed by atoms with van der Waals surface area (Å²) in [6.45, 7) is 2.13. The molecule has 1 aromatic rings. The van der Waals surface area contributed by atoms with E-state index in [9.17, 15) is 9.90 Å². The molecule has 20 heavy (non-hydrogen) atoms. The number of halogens is 2. The second-order valence-corrected chi connectivity index (χ2v) is 6.20. The Balaban J connectivity index is 2.47. The first-order chi connectivity index (χ1) is 9.54. The second kappa shape index (κ2) is 9.13. The summed E-state index contributed by atoms with van der Waals surface area (Å²) in [7, 11) is 0. The zero-order valence-electron chi connectivity index (χ0n) is 11.3. The fourth-order valence-corrected chi connectivity index (χ4v) is 2.88. The Morgan fingerprint density at radius 1 is 1.35 bits per heavy atom. The molecule has 0 unspecified atom stereocenters. The van der Waals surface area contributed by atoms with Gasteiger partial charge in [0.15, 0.2) is 0 Å². The van der Waals surface area contributed by atoms with Crippen molar-refractivity contribution in [2.75, 3.05) is 0 Å². The van der Waals surface area contributed by atoms with Gasteiger partial charge in [-0.15, -0.1) is 0 Å². The average molecular weight is 406 g/mol. The van der Waals surface area contributed by atoms with E-state index in [1.807, 2.05) is 0 Å². The Morgan fingerprint density at radius 3 is 2.80 bits per heavy atom. The number of aromatic hydroxyl groups is 1. The lowest BCUT2D eigenvalue weighted by atomic mass is 10.1. The highest BCUT2D eigenvalue weighted by atomic mass is 79.9. The van der Waals surface area contributed by atoms with E-state index in [1.165, 1.54) is 6.21 Å². The van der Waals surface area contributed by atoms with Crippen molar-refractivity contribution < 1.29 is 9.90 Å². The summed E-state index contributed by atoms with van der Waals surface area (Å²) in [5.74, 6) is -0.0138. The summed E-state index contributed by atoms with van der Waals surface area (Å²) in [6, 6.07) is 3.45. The highest BCUT2D eigenvalue weighted by Crippen LogP contribution is 2.30. The quantitative estimate of drug-likeness (QED) is 0.402. The largest absolute Gasteiger partial charge is 0.506 e. The maximum absolute atomic E-state index is 11.5. The van der Waals surface area contributed by atoms with E-state index in [2.05, 4.69) is 49.3 Å². The van der Waals surface area contributed by atoms with Gasteiger partial charge in [0.25, 0.3) is 0 Å². The molecule has 0 spiro atoms. The first kappa shape index (κ1) is 17.2. The third-order valence-corrected chi connectivity index (χ3v) is 3.77. The van der Waals surface area contributed by atoms with Crippen LogP contribution >= 0.6 is 31.9 Å². The zero-order chi connectivity index (χ0) is 15.0. The van der Waals surface area contributed by atoms with E-state index in [4.69, 9.17) is 0 Å². The molecule has 1 aromatic carbocycles. The van der Waals surface area contributed by atoms with E-state index in [-0.39, 0.29) is 11.7 Å². The number of nitrogens with one attached hydrogen (secondary N) is 1. The first-order valence-electron chi connectivity index (χ1n) is 6.54. The molecule has 6 heteroatoms. The highest BCUT2D eigenvalue weighted by Gasteiger charge is 2.05. The number of amides is 1. The second-order valence-electron chi connectivity index (χ2n) is 4.43. The molecular formula is C14H18Br2N2O2. The van der Waals surface area contributed by atoms with Crippen molar-refractivity contribution in [2.24, 2.45) is 5.10 Å². The van der Waals surface area contributed by atoms with Gasteiger partial charge in [-0.3, -0.25) is 4.79 Å². The fraction of sp³-hybridized carbons (Fsp3) is 0.429. The molecule has 110 valence electrons. The number of nitrogens with zero attached hydrogens (tertiary/aromatic N) is 1. The number of hydrazone groups is 1. The van der Waals surface area contributed by atoms with Gasteiger partial charge in [-0.1, -0.05) is 42.1 Å². The van der Waals surface area contributed by atoms with Gasteiger partial charge in [0, 0.05) is 16.5 Å². The van der Waals surface area contributed by atoms with Gasteiger partial charge < -0.3 is 5.11 Å². The molecule has 0 saturated heterocycles. The summed E-state index contributed by atoms with van der Waals surface area (Å²) in [5, 5.41) is 13.7. The van der Waals surface area contributed by atoms with Crippen LogP contribution in [0.4, 0.5) is 0 Å². The molecule has 0 fully saturated rings. The molecule has 0 aliphatic carbocycles. The van der Waals surface area contributed by atoms with Crippen molar-refractivity contribution in [3.63, 3.8) is 0 Å². The molecule has 1 amide bonds. The first-order valence-corrected chi connectivity index (χ1v) is 8.13. The molecule has 0 aromatic heterocycles. The van der Waals surface area contributed by atoms with Crippen LogP contribution in [-0.4, -0.2) is 17.2 Å². The van der Waals surface area contributed by atoms with Crippen LogP contribution in [0.15, 0.2) is 26.2 Å². The predicted octanol–water partition coefficient (Wildman–Crippen LogP) is 4.34. The van der Waals surface area contributed by atoms with Crippen molar-refractivity contribution >= 4 is 44.0 Å². The number of carbonyl (C=O) groups excluding carboxylic acids is 1. The number of phenolic OH excluding ortho intramolecular Hbond substituents is 1. The number of phenols is 1. The topological polar surface area (TPSA) is 61.7 Å².